The lowest BCUT2D eigenvalue weighted by atomic mass is 9.92. The third-order valence-corrected chi connectivity index (χ3v) is 4.90. The SMILES string of the molecule is CC1CN(CCC2CCN(C(C)C(=O)O)CC2)CC(C)O1. The highest BCUT2D eigenvalue weighted by Gasteiger charge is 2.27. The second-order valence-electron chi connectivity index (χ2n) is 6.80. The largest absolute Gasteiger partial charge is 0.480 e. The van der Waals surface area contributed by atoms with Crippen molar-refractivity contribution in [1.29, 1.82) is 0 Å². The summed E-state index contributed by atoms with van der Waals surface area (Å²) in [6, 6.07) is -0.341. The number of aliphatic carboxylic acids is 1. The second kappa shape index (κ2) is 7.56. The smallest absolute Gasteiger partial charge is 0.320 e. The normalized spacial score (nSPS) is 31.2. The van der Waals surface area contributed by atoms with Crippen LogP contribution in [0, 0.1) is 5.92 Å². The number of likely N-dealkylation sites (tertiary alicyclic amines) is 1. The highest BCUT2D eigenvalue weighted by Crippen LogP contribution is 2.23. The Labute approximate surface area is 128 Å². The van der Waals surface area contributed by atoms with Crippen molar-refractivity contribution in [3.8, 4) is 0 Å². The third kappa shape index (κ3) is 4.94. The molecule has 122 valence electrons. The van der Waals surface area contributed by atoms with E-state index in [0.29, 0.717) is 12.2 Å². The molecule has 0 radical (unpaired) electrons. The molecule has 2 aliphatic rings. The van der Waals surface area contributed by atoms with E-state index in [9.17, 15) is 4.79 Å². The van der Waals surface area contributed by atoms with Gasteiger partial charge in [-0.05, 0) is 65.6 Å². The lowest BCUT2D eigenvalue weighted by Crippen LogP contribution is -2.47. The van der Waals surface area contributed by atoms with Gasteiger partial charge in [0.25, 0.3) is 0 Å². The number of ether oxygens (including phenoxy) is 1. The number of carboxylic acids is 1. The Morgan fingerprint density at radius 1 is 1.24 bits per heavy atom. The van der Waals surface area contributed by atoms with E-state index in [2.05, 4.69) is 23.6 Å². The standard InChI is InChI=1S/C16H30N2O3/c1-12-10-17(11-13(2)21-12)7-4-15-5-8-18(9-6-15)14(3)16(19)20/h12-15H,4-11H2,1-3H3,(H,19,20). The quantitative estimate of drug-likeness (QED) is 0.837. The minimum atomic E-state index is -0.704. The zero-order valence-corrected chi connectivity index (χ0v) is 13.6. The van der Waals surface area contributed by atoms with Crippen LogP contribution in [-0.2, 0) is 9.53 Å². The fourth-order valence-electron chi connectivity index (χ4n) is 3.62. The molecule has 5 heteroatoms. The summed E-state index contributed by atoms with van der Waals surface area (Å²) in [5.41, 5.74) is 0. The molecule has 0 aliphatic carbocycles. The highest BCUT2D eigenvalue weighted by atomic mass is 16.5. The van der Waals surface area contributed by atoms with E-state index in [0.717, 1.165) is 51.5 Å². The van der Waals surface area contributed by atoms with Gasteiger partial charge >= 0.3 is 5.97 Å². The molecule has 3 unspecified atom stereocenters. The summed E-state index contributed by atoms with van der Waals surface area (Å²) in [7, 11) is 0. The number of rotatable bonds is 5. The maximum absolute atomic E-state index is 11.0. The van der Waals surface area contributed by atoms with E-state index in [1.54, 1.807) is 6.92 Å². The first-order valence-corrected chi connectivity index (χ1v) is 8.30. The minimum Gasteiger partial charge on any atom is -0.480 e. The summed E-state index contributed by atoms with van der Waals surface area (Å²) in [6.07, 6.45) is 4.17. The van der Waals surface area contributed by atoms with Crippen molar-refractivity contribution in [2.45, 2.75) is 58.3 Å². The Balaban J connectivity index is 1.68. The van der Waals surface area contributed by atoms with Gasteiger partial charge in [-0.15, -0.1) is 0 Å². The van der Waals surface area contributed by atoms with Crippen LogP contribution in [0.25, 0.3) is 0 Å². The van der Waals surface area contributed by atoms with Crippen LogP contribution >= 0.6 is 0 Å². The fraction of sp³-hybridized carbons (Fsp3) is 0.938. The van der Waals surface area contributed by atoms with Crippen LogP contribution in [0.1, 0.15) is 40.0 Å². The van der Waals surface area contributed by atoms with Gasteiger partial charge in [-0.1, -0.05) is 0 Å². The molecule has 2 rings (SSSR count). The van der Waals surface area contributed by atoms with E-state index in [-0.39, 0.29) is 6.04 Å². The Bertz CT molecular complexity index is 332. The predicted octanol–water partition coefficient (Wildman–Crippen LogP) is 1.67. The van der Waals surface area contributed by atoms with Gasteiger partial charge in [-0.25, -0.2) is 0 Å². The van der Waals surface area contributed by atoms with Crippen molar-refractivity contribution in [2.24, 2.45) is 5.92 Å². The van der Waals surface area contributed by atoms with E-state index < -0.39 is 5.97 Å². The van der Waals surface area contributed by atoms with Crippen molar-refractivity contribution < 1.29 is 14.6 Å². The summed E-state index contributed by atoms with van der Waals surface area (Å²) in [5, 5.41) is 9.06. The van der Waals surface area contributed by atoms with Gasteiger partial charge in [-0.3, -0.25) is 14.6 Å². The monoisotopic (exact) mass is 298 g/mol. The number of hydrogen-bond donors (Lipinski definition) is 1. The first-order chi connectivity index (χ1) is 9.95. The molecule has 0 spiro atoms. The zero-order chi connectivity index (χ0) is 15.4. The van der Waals surface area contributed by atoms with Gasteiger partial charge in [0.1, 0.15) is 6.04 Å². The lowest BCUT2D eigenvalue weighted by Gasteiger charge is -2.38. The van der Waals surface area contributed by atoms with Crippen molar-refractivity contribution in [2.75, 3.05) is 32.7 Å². The van der Waals surface area contributed by atoms with Crippen molar-refractivity contribution >= 4 is 5.97 Å². The molecule has 0 aromatic rings. The van der Waals surface area contributed by atoms with Gasteiger partial charge in [-0.2, -0.15) is 0 Å². The fourth-order valence-corrected chi connectivity index (χ4v) is 3.62. The van der Waals surface area contributed by atoms with Crippen LogP contribution in [0.5, 0.6) is 0 Å². The molecule has 0 aromatic carbocycles. The molecule has 5 nitrogen and oxygen atoms in total. The molecule has 2 fully saturated rings. The minimum absolute atomic E-state index is 0.340. The summed E-state index contributed by atoms with van der Waals surface area (Å²) < 4.78 is 5.77. The van der Waals surface area contributed by atoms with E-state index in [1.807, 2.05) is 0 Å². The molecule has 1 N–H and O–H groups in total. The summed E-state index contributed by atoms with van der Waals surface area (Å²) in [4.78, 5) is 15.6. The second-order valence-corrected chi connectivity index (χ2v) is 6.80. The molecule has 0 amide bonds. The molecule has 2 saturated heterocycles. The number of hydrogen-bond acceptors (Lipinski definition) is 4. The summed E-state index contributed by atoms with van der Waals surface area (Å²) in [6.45, 7) is 11.2. The van der Waals surface area contributed by atoms with Crippen molar-refractivity contribution in [3.05, 3.63) is 0 Å². The molecule has 2 heterocycles. The van der Waals surface area contributed by atoms with Gasteiger partial charge in [0.15, 0.2) is 0 Å². The van der Waals surface area contributed by atoms with Gasteiger partial charge in [0.05, 0.1) is 12.2 Å². The topological polar surface area (TPSA) is 53.0 Å². The molecule has 2 aliphatic heterocycles. The predicted molar refractivity (Wildman–Crippen MR) is 82.5 cm³/mol. The van der Waals surface area contributed by atoms with E-state index in [4.69, 9.17) is 9.84 Å². The van der Waals surface area contributed by atoms with Crippen LogP contribution in [0.4, 0.5) is 0 Å². The summed E-state index contributed by atoms with van der Waals surface area (Å²) >= 11 is 0. The Morgan fingerprint density at radius 2 is 1.81 bits per heavy atom. The molecule has 0 bridgehead atoms. The Kier molecular flexibility index (Phi) is 6.02. The average molecular weight is 298 g/mol. The number of carboxylic acid groups (broad SMARTS) is 1. The maximum atomic E-state index is 11.0. The van der Waals surface area contributed by atoms with Gasteiger partial charge < -0.3 is 9.84 Å². The Morgan fingerprint density at radius 3 is 2.33 bits per heavy atom. The van der Waals surface area contributed by atoms with Crippen LogP contribution in [0.2, 0.25) is 0 Å². The molecule has 3 atom stereocenters. The molecular formula is C16H30N2O3. The highest BCUT2D eigenvalue weighted by molar-refractivity contribution is 5.72. The Hall–Kier alpha value is -0.650. The number of morpholine rings is 1. The number of carbonyl (C=O) groups is 1. The first-order valence-electron chi connectivity index (χ1n) is 8.30. The lowest BCUT2D eigenvalue weighted by molar-refractivity contribution is -0.143. The molecular weight excluding hydrogens is 268 g/mol. The molecule has 0 aromatic heterocycles. The third-order valence-electron chi connectivity index (χ3n) is 4.90. The number of nitrogens with zero attached hydrogens (tertiary/aromatic N) is 2. The maximum Gasteiger partial charge on any atom is 0.320 e. The van der Waals surface area contributed by atoms with E-state index >= 15 is 0 Å². The van der Waals surface area contributed by atoms with Crippen LogP contribution in [0.3, 0.4) is 0 Å². The number of piperidine rings is 1. The van der Waals surface area contributed by atoms with Crippen LogP contribution in [-0.4, -0.2) is 71.8 Å². The van der Waals surface area contributed by atoms with E-state index in [1.165, 1.54) is 6.42 Å². The van der Waals surface area contributed by atoms with Crippen LogP contribution < -0.4 is 0 Å². The first kappa shape index (κ1) is 16.7. The molecule has 21 heavy (non-hydrogen) atoms. The van der Waals surface area contributed by atoms with Gasteiger partial charge in [0, 0.05) is 13.1 Å². The van der Waals surface area contributed by atoms with Crippen molar-refractivity contribution in [1.82, 2.24) is 9.80 Å². The van der Waals surface area contributed by atoms with Crippen molar-refractivity contribution in [3.63, 3.8) is 0 Å². The van der Waals surface area contributed by atoms with Crippen LogP contribution in [0.15, 0.2) is 0 Å². The summed E-state index contributed by atoms with van der Waals surface area (Å²) in [5.74, 6) is 0.0421. The molecule has 0 saturated carbocycles. The van der Waals surface area contributed by atoms with Gasteiger partial charge in [0.2, 0.25) is 0 Å². The average Bonchev–Trinajstić information content (AvgIpc) is 2.44. The zero-order valence-electron chi connectivity index (χ0n) is 13.6.